The highest BCUT2D eigenvalue weighted by atomic mass is 15.5. The van der Waals surface area contributed by atoms with Crippen molar-refractivity contribution in [3.05, 3.63) is 18.6 Å². The molecule has 0 bridgehead atoms. The molecular weight excluding hydrogens is 192 g/mol. The van der Waals surface area contributed by atoms with Gasteiger partial charge in [-0.15, -0.1) is 0 Å². The molecular formula is C9H14N6. The number of hydrazine groups is 1. The first-order chi connectivity index (χ1) is 7.20. The average molecular weight is 206 g/mol. The van der Waals surface area contributed by atoms with E-state index in [-0.39, 0.29) is 0 Å². The van der Waals surface area contributed by atoms with Crippen LogP contribution in [-0.2, 0) is 0 Å². The predicted molar refractivity (Wildman–Crippen MR) is 59.8 cm³/mol. The summed E-state index contributed by atoms with van der Waals surface area (Å²) >= 11 is 0. The van der Waals surface area contributed by atoms with E-state index in [9.17, 15) is 0 Å². The summed E-state index contributed by atoms with van der Waals surface area (Å²) in [5, 5.41) is 4.83. The van der Waals surface area contributed by atoms with Gasteiger partial charge >= 0.3 is 0 Å². The highest BCUT2D eigenvalue weighted by molar-refractivity contribution is 5.64. The Morgan fingerprint density at radius 2 is 2.20 bits per heavy atom. The van der Waals surface area contributed by atoms with Crippen molar-refractivity contribution in [3.8, 4) is 0 Å². The van der Waals surface area contributed by atoms with Crippen molar-refractivity contribution < 1.29 is 0 Å². The number of rotatable bonds is 3. The van der Waals surface area contributed by atoms with Crippen molar-refractivity contribution in [3.63, 3.8) is 0 Å². The maximum absolute atomic E-state index is 4.38. The SMILES string of the molecule is CNc1cn2ccnc2c(NN(C)C)n1. The monoisotopic (exact) mass is 206 g/mol. The molecule has 2 N–H and O–H groups in total. The smallest absolute Gasteiger partial charge is 0.186 e. The van der Waals surface area contributed by atoms with Crippen molar-refractivity contribution >= 4 is 17.3 Å². The summed E-state index contributed by atoms with van der Waals surface area (Å²) in [4.78, 5) is 8.62. The maximum Gasteiger partial charge on any atom is 0.186 e. The molecule has 0 saturated heterocycles. The lowest BCUT2D eigenvalue weighted by atomic mass is 10.5. The van der Waals surface area contributed by atoms with Crippen molar-refractivity contribution in [1.82, 2.24) is 19.4 Å². The van der Waals surface area contributed by atoms with Gasteiger partial charge in [0.15, 0.2) is 11.5 Å². The van der Waals surface area contributed by atoms with Crippen LogP contribution in [0, 0.1) is 0 Å². The number of fused-ring (bicyclic) bond motifs is 1. The van der Waals surface area contributed by atoms with E-state index in [2.05, 4.69) is 20.7 Å². The zero-order chi connectivity index (χ0) is 10.8. The number of nitrogens with one attached hydrogen (secondary N) is 2. The van der Waals surface area contributed by atoms with Crippen LogP contribution in [0.1, 0.15) is 0 Å². The molecule has 0 saturated carbocycles. The van der Waals surface area contributed by atoms with Crippen LogP contribution in [0.3, 0.4) is 0 Å². The summed E-state index contributed by atoms with van der Waals surface area (Å²) in [5.41, 5.74) is 3.92. The van der Waals surface area contributed by atoms with Crippen molar-refractivity contribution in [2.45, 2.75) is 0 Å². The largest absolute Gasteiger partial charge is 0.372 e. The van der Waals surface area contributed by atoms with Crippen LogP contribution >= 0.6 is 0 Å². The molecule has 0 fully saturated rings. The molecule has 2 aromatic heterocycles. The number of nitrogens with zero attached hydrogens (tertiary/aromatic N) is 4. The molecule has 0 aliphatic heterocycles. The minimum absolute atomic E-state index is 0.733. The van der Waals surface area contributed by atoms with Crippen LogP contribution < -0.4 is 10.7 Å². The summed E-state index contributed by atoms with van der Waals surface area (Å²) in [7, 11) is 5.66. The number of aromatic nitrogens is 3. The number of anilines is 2. The molecule has 0 atom stereocenters. The molecule has 0 aromatic carbocycles. The van der Waals surface area contributed by atoms with Gasteiger partial charge in [-0.1, -0.05) is 0 Å². The molecule has 2 rings (SSSR count). The van der Waals surface area contributed by atoms with Crippen molar-refractivity contribution in [1.29, 1.82) is 0 Å². The topological polar surface area (TPSA) is 57.5 Å². The Bertz CT molecular complexity index is 461. The van der Waals surface area contributed by atoms with Gasteiger partial charge in [-0.3, -0.25) is 0 Å². The van der Waals surface area contributed by atoms with Crippen LogP contribution in [0.25, 0.3) is 5.65 Å². The van der Waals surface area contributed by atoms with Gasteiger partial charge in [-0.2, -0.15) is 0 Å². The van der Waals surface area contributed by atoms with Crippen LogP contribution in [0.15, 0.2) is 18.6 Å². The molecule has 0 spiro atoms. The first kappa shape index (κ1) is 9.72. The standard InChI is InChI=1S/C9H14N6/c1-10-7-6-15-5-4-11-9(15)8(12-7)13-14(2)3/h4-6,10H,1-3H3,(H,12,13). The first-order valence-corrected chi connectivity index (χ1v) is 4.66. The van der Waals surface area contributed by atoms with Gasteiger partial charge in [-0.25, -0.2) is 15.0 Å². The summed E-state index contributed by atoms with van der Waals surface area (Å²) in [5.74, 6) is 1.53. The molecule has 6 heteroatoms. The molecule has 0 unspecified atom stereocenters. The Kier molecular flexibility index (Phi) is 2.42. The third-order valence-electron chi connectivity index (χ3n) is 1.96. The van der Waals surface area contributed by atoms with Gasteiger partial charge in [-0.05, 0) is 0 Å². The molecule has 0 aliphatic carbocycles. The lowest BCUT2D eigenvalue weighted by molar-refractivity contribution is 0.493. The van der Waals surface area contributed by atoms with Gasteiger partial charge in [0.2, 0.25) is 0 Å². The summed E-state index contributed by atoms with van der Waals surface area (Å²) in [6, 6.07) is 0. The number of hydrogen-bond acceptors (Lipinski definition) is 5. The third kappa shape index (κ3) is 1.84. The molecule has 0 radical (unpaired) electrons. The number of hydrogen-bond donors (Lipinski definition) is 2. The van der Waals surface area contributed by atoms with Crippen molar-refractivity contribution in [2.75, 3.05) is 31.9 Å². The highest BCUT2D eigenvalue weighted by Crippen LogP contribution is 2.15. The maximum atomic E-state index is 4.38. The zero-order valence-corrected chi connectivity index (χ0v) is 9.02. The van der Waals surface area contributed by atoms with E-state index >= 15 is 0 Å². The Hall–Kier alpha value is -1.82. The Labute approximate surface area is 87.9 Å². The first-order valence-electron chi connectivity index (χ1n) is 4.66. The zero-order valence-electron chi connectivity index (χ0n) is 9.02. The van der Waals surface area contributed by atoms with Crippen LogP contribution in [-0.4, -0.2) is 40.5 Å². The summed E-state index contributed by atoms with van der Waals surface area (Å²) in [6.45, 7) is 0. The van der Waals surface area contributed by atoms with E-state index in [1.807, 2.05) is 42.9 Å². The van der Waals surface area contributed by atoms with Gasteiger partial charge < -0.3 is 15.1 Å². The molecule has 2 heterocycles. The van der Waals surface area contributed by atoms with E-state index in [1.165, 1.54) is 0 Å². The molecule has 80 valence electrons. The van der Waals surface area contributed by atoms with Crippen LogP contribution in [0.4, 0.5) is 11.6 Å². The fourth-order valence-corrected chi connectivity index (χ4v) is 1.34. The van der Waals surface area contributed by atoms with Gasteiger partial charge in [0.25, 0.3) is 0 Å². The quantitative estimate of drug-likeness (QED) is 0.722. The van der Waals surface area contributed by atoms with E-state index in [4.69, 9.17) is 0 Å². The van der Waals surface area contributed by atoms with E-state index < -0.39 is 0 Å². The number of imidazole rings is 1. The predicted octanol–water partition coefficient (Wildman–Crippen LogP) is 0.659. The van der Waals surface area contributed by atoms with Crippen LogP contribution in [0.2, 0.25) is 0 Å². The lowest BCUT2D eigenvalue weighted by Gasteiger charge is -2.14. The third-order valence-corrected chi connectivity index (χ3v) is 1.96. The van der Waals surface area contributed by atoms with E-state index in [1.54, 1.807) is 6.20 Å². The molecule has 0 aliphatic rings. The minimum atomic E-state index is 0.733. The highest BCUT2D eigenvalue weighted by Gasteiger charge is 2.06. The second-order valence-electron chi connectivity index (χ2n) is 3.39. The summed E-state index contributed by atoms with van der Waals surface area (Å²) in [6.07, 6.45) is 5.53. The normalized spacial score (nSPS) is 10.9. The van der Waals surface area contributed by atoms with E-state index in [0.29, 0.717) is 0 Å². The van der Waals surface area contributed by atoms with Crippen molar-refractivity contribution in [2.24, 2.45) is 0 Å². The molecule has 0 amide bonds. The average Bonchev–Trinajstić information content (AvgIpc) is 2.64. The fourth-order valence-electron chi connectivity index (χ4n) is 1.34. The summed E-state index contributed by atoms with van der Waals surface area (Å²) < 4.78 is 1.92. The van der Waals surface area contributed by atoms with Crippen LogP contribution in [0.5, 0.6) is 0 Å². The molecule has 15 heavy (non-hydrogen) atoms. The van der Waals surface area contributed by atoms with Gasteiger partial charge in [0.1, 0.15) is 5.82 Å². The fraction of sp³-hybridized carbons (Fsp3) is 0.333. The second kappa shape index (κ2) is 3.74. The lowest BCUT2D eigenvalue weighted by Crippen LogP contribution is -2.21. The Balaban J connectivity index is 2.53. The molecule has 6 nitrogen and oxygen atoms in total. The van der Waals surface area contributed by atoms with E-state index in [0.717, 1.165) is 17.3 Å². The Morgan fingerprint density at radius 3 is 2.87 bits per heavy atom. The minimum Gasteiger partial charge on any atom is -0.372 e. The molecule has 2 aromatic rings. The Morgan fingerprint density at radius 1 is 1.40 bits per heavy atom. The van der Waals surface area contributed by atoms with Gasteiger partial charge in [0, 0.05) is 33.5 Å². The second-order valence-corrected chi connectivity index (χ2v) is 3.39. The van der Waals surface area contributed by atoms with Gasteiger partial charge in [0.05, 0.1) is 6.20 Å².